The summed E-state index contributed by atoms with van der Waals surface area (Å²) >= 11 is 0. The van der Waals surface area contributed by atoms with Gasteiger partial charge < -0.3 is 14.2 Å². The van der Waals surface area contributed by atoms with E-state index >= 15 is 0 Å². The van der Waals surface area contributed by atoms with Crippen molar-refractivity contribution in [2.45, 2.75) is 13.8 Å². The van der Waals surface area contributed by atoms with Crippen molar-refractivity contribution in [2.24, 2.45) is 5.92 Å². The second kappa shape index (κ2) is 7.35. The van der Waals surface area contributed by atoms with E-state index in [9.17, 15) is 14.0 Å². The lowest BCUT2D eigenvalue weighted by atomic mass is 10.2. The minimum Gasteiger partial charge on any atom is -0.462 e. The van der Waals surface area contributed by atoms with Crippen molar-refractivity contribution in [3.63, 3.8) is 0 Å². The molecule has 0 saturated heterocycles. The lowest BCUT2D eigenvalue weighted by molar-refractivity contribution is -0.148. The summed E-state index contributed by atoms with van der Waals surface area (Å²) in [4.78, 5) is 22.3. The number of hydrogen-bond donors (Lipinski definition) is 0. The average Bonchev–Trinajstić information content (AvgIpc) is 2.37. The monoisotopic (exact) mass is 270 g/mol. The van der Waals surface area contributed by atoms with Gasteiger partial charge in [0.1, 0.15) is 24.8 Å². The van der Waals surface area contributed by atoms with Crippen LogP contribution < -0.4 is 4.74 Å². The fourth-order valence-corrected chi connectivity index (χ4v) is 1.06. The Morgan fingerprint density at radius 3 is 2.26 bits per heavy atom. The summed E-state index contributed by atoms with van der Waals surface area (Å²) in [5.41, 5.74) is 0. The van der Waals surface area contributed by atoms with Crippen molar-refractivity contribution in [2.75, 3.05) is 13.2 Å². The Kier molecular flexibility index (Phi) is 5.78. The van der Waals surface area contributed by atoms with Crippen LogP contribution in [0, 0.1) is 11.7 Å². The van der Waals surface area contributed by atoms with Gasteiger partial charge in [-0.1, -0.05) is 13.8 Å². The highest BCUT2D eigenvalue weighted by atomic mass is 19.1. The highest BCUT2D eigenvalue weighted by Gasteiger charge is 2.09. The molecule has 104 valence electrons. The van der Waals surface area contributed by atoms with E-state index in [1.165, 1.54) is 12.1 Å². The molecule has 0 heterocycles. The van der Waals surface area contributed by atoms with Crippen molar-refractivity contribution in [3.8, 4) is 5.75 Å². The smallest absolute Gasteiger partial charge is 0.462 e. The van der Waals surface area contributed by atoms with Crippen molar-refractivity contribution >= 4 is 12.1 Å². The summed E-state index contributed by atoms with van der Waals surface area (Å²) in [5, 5.41) is 0. The molecule has 1 rings (SSSR count). The van der Waals surface area contributed by atoms with Crippen LogP contribution in [-0.4, -0.2) is 25.3 Å². The first-order valence-corrected chi connectivity index (χ1v) is 5.76. The third-order valence-corrected chi connectivity index (χ3v) is 2.03. The van der Waals surface area contributed by atoms with E-state index in [2.05, 4.69) is 4.74 Å². The molecule has 0 bridgehead atoms. The predicted molar refractivity (Wildman–Crippen MR) is 64.2 cm³/mol. The van der Waals surface area contributed by atoms with Crippen LogP contribution in [0.15, 0.2) is 24.3 Å². The van der Waals surface area contributed by atoms with Crippen LogP contribution in [0.3, 0.4) is 0 Å². The van der Waals surface area contributed by atoms with Crippen LogP contribution in [0.4, 0.5) is 9.18 Å². The Morgan fingerprint density at radius 1 is 1.11 bits per heavy atom. The largest absolute Gasteiger partial charge is 0.513 e. The van der Waals surface area contributed by atoms with Gasteiger partial charge in [0.05, 0.1) is 5.92 Å². The summed E-state index contributed by atoms with van der Waals surface area (Å²) < 4.78 is 26.8. The summed E-state index contributed by atoms with van der Waals surface area (Å²) in [6.45, 7) is 3.27. The van der Waals surface area contributed by atoms with E-state index in [-0.39, 0.29) is 30.9 Å². The molecule has 0 aromatic heterocycles. The minimum atomic E-state index is -0.938. The molecule has 0 saturated carbocycles. The van der Waals surface area contributed by atoms with Gasteiger partial charge in [0.15, 0.2) is 0 Å². The zero-order valence-electron chi connectivity index (χ0n) is 10.7. The van der Waals surface area contributed by atoms with Crippen molar-refractivity contribution < 1.29 is 28.2 Å². The molecule has 0 aliphatic rings. The third-order valence-electron chi connectivity index (χ3n) is 2.03. The molecule has 0 unspecified atom stereocenters. The molecule has 5 nitrogen and oxygen atoms in total. The maximum atomic E-state index is 12.6. The summed E-state index contributed by atoms with van der Waals surface area (Å²) in [6.07, 6.45) is -0.938. The summed E-state index contributed by atoms with van der Waals surface area (Å²) in [7, 11) is 0. The number of esters is 1. The van der Waals surface area contributed by atoms with Crippen LogP contribution >= 0.6 is 0 Å². The van der Waals surface area contributed by atoms with Gasteiger partial charge >= 0.3 is 12.1 Å². The predicted octanol–water partition coefficient (Wildman–Crippen LogP) is 2.54. The zero-order valence-corrected chi connectivity index (χ0v) is 10.7. The third kappa shape index (κ3) is 5.85. The molecule has 0 radical (unpaired) electrons. The van der Waals surface area contributed by atoms with E-state index in [1.54, 1.807) is 13.8 Å². The van der Waals surface area contributed by atoms with Gasteiger partial charge in [-0.05, 0) is 24.3 Å². The topological polar surface area (TPSA) is 61.8 Å². The van der Waals surface area contributed by atoms with Crippen LogP contribution in [0.2, 0.25) is 0 Å². The van der Waals surface area contributed by atoms with E-state index in [0.29, 0.717) is 0 Å². The Morgan fingerprint density at radius 2 is 1.68 bits per heavy atom. The maximum Gasteiger partial charge on any atom is 0.513 e. The average molecular weight is 270 g/mol. The first-order chi connectivity index (χ1) is 8.99. The van der Waals surface area contributed by atoms with Crippen molar-refractivity contribution in [1.82, 2.24) is 0 Å². The van der Waals surface area contributed by atoms with Gasteiger partial charge in [-0.2, -0.15) is 0 Å². The van der Waals surface area contributed by atoms with E-state index in [0.717, 1.165) is 12.1 Å². The van der Waals surface area contributed by atoms with Gasteiger partial charge in [-0.25, -0.2) is 9.18 Å². The van der Waals surface area contributed by atoms with E-state index < -0.39 is 12.0 Å². The summed E-state index contributed by atoms with van der Waals surface area (Å²) in [6, 6.07) is 4.92. The number of hydrogen-bond acceptors (Lipinski definition) is 5. The van der Waals surface area contributed by atoms with Crippen molar-refractivity contribution in [1.29, 1.82) is 0 Å². The molecular weight excluding hydrogens is 255 g/mol. The molecule has 19 heavy (non-hydrogen) atoms. The van der Waals surface area contributed by atoms with Gasteiger partial charge in [0.2, 0.25) is 0 Å². The van der Waals surface area contributed by atoms with Gasteiger partial charge in [0.25, 0.3) is 0 Å². The number of carbonyl (C=O) groups excluding carboxylic acids is 2. The molecule has 0 N–H and O–H groups in total. The number of carbonyl (C=O) groups is 2. The van der Waals surface area contributed by atoms with Crippen LogP contribution in [0.25, 0.3) is 0 Å². The number of halogens is 1. The second-order valence-corrected chi connectivity index (χ2v) is 3.98. The fourth-order valence-electron chi connectivity index (χ4n) is 1.06. The molecule has 6 heteroatoms. The Balaban J connectivity index is 2.21. The molecule has 0 aliphatic carbocycles. The van der Waals surface area contributed by atoms with E-state index in [1.807, 2.05) is 0 Å². The van der Waals surface area contributed by atoms with Crippen molar-refractivity contribution in [3.05, 3.63) is 30.1 Å². The number of rotatable bonds is 5. The molecule has 0 spiro atoms. The zero-order chi connectivity index (χ0) is 14.3. The Labute approximate surface area is 110 Å². The summed E-state index contributed by atoms with van der Waals surface area (Å²) in [5.74, 6) is -0.853. The molecular formula is C13H15FO5. The van der Waals surface area contributed by atoms with Gasteiger partial charge in [-0.3, -0.25) is 4.79 Å². The first kappa shape index (κ1) is 14.9. The molecule has 0 fully saturated rings. The van der Waals surface area contributed by atoms with Crippen LogP contribution in [0.5, 0.6) is 5.75 Å². The first-order valence-electron chi connectivity index (χ1n) is 5.76. The fraction of sp³-hybridized carbons (Fsp3) is 0.385. The van der Waals surface area contributed by atoms with Crippen LogP contribution in [-0.2, 0) is 14.3 Å². The Bertz CT molecular complexity index is 427. The minimum absolute atomic E-state index is 0.0322. The van der Waals surface area contributed by atoms with Crippen LogP contribution in [0.1, 0.15) is 13.8 Å². The molecule has 0 amide bonds. The maximum absolute atomic E-state index is 12.6. The standard InChI is InChI=1S/C13H15FO5/c1-9(2)12(15)17-7-8-18-13(16)19-11-5-3-10(14)4-6-11/h3-6,9H,7-8H2,1-2H3. The molecule has 0 aliphatic heterocycles. The molecule has 0 atom stereocenters. The molecule has 1 aromatic rings. The van der Waals surface area contributed by atoms with Gasteiger partial charge in [0, 0.05) is 0 Å². The van der Waals surface area contributed by atoms with Gasteiger partial charge in [-0.15, -0.1) is 0 Å². The quantitative estimate of drug-likeness (QED) is 0.467. The lowest BCUT2D eigenvalue weighted by Crippen LogP contribution is -2.18. The SMILES string of the molecule is CC(C)C(=O)OCCOC(=O)Oc1ccc(F)cc1. The number of benzene rings is 1. The number of ether oxygens (including phenoxy) is 3. The highest BCUT2D eigenvalue weighted by Crippen LogP contribution is 2.11. The highest BCUT2D eigenvalue weighted by molar-refractivity contribution is 5.71. The molecule has 1 aromatic carbocycles. The normalized spacial score (nSPS) is 10.1. The Hall–Kier alpha value is -2.11. The van der Waals surface area contributed by atoms with E-state index in [4.69, 9.17) is 9.47 Å². The second-order valence-electron chi connectivity index (χ2n) is 3.98. The lowest BCUT2D eigenvalue weighted by Gasteiger charge is -2.08.